The summed E-state index contributed by atoms with van der Waals surface area (Å²) in [5.41, 5.74) is 4.55. The van der Waals surface area contributed by atoms with E-state index in [2.05, 4.69) is 11.4 Å². The van der Waals surface area contributed by atoms with Gasteiger partial charge in [0.15, 0.2) is 0 Å². The van der Waals surface area contributed by atoms with Crippen LogP contribution in [0.3, 0.4) is 0 Å². The van der Waals surface area contributed by atoms with Gasteiger partial charge in [-0.05, 0) is 67.5 Å². The van der Waals surface area contributed by atoms with E-state index in [1.807, 2.05) is 36.4 Å². The Balaban J connectivity index is 1.59. The molecule has 1 N–H and O–H groups in total. The Hall–Kier alpha value is -2.33. The highest BCUT2D eigenvalue weighted by Gasteiger charge is 2.18. The highest BCUT2D eigenvalue weighted by atomic mass is 16.5. The third-order valence-corrected chi connectivity index (χ3v) is 4.66. The smallest absolute Gasteiger partial charge is 0.253 e. The van der Waals surface area contributed by atoms with E-state index < -0.39 is 6.10 Å². The second-order valence-electron chi connectivity index (χ2n) is 6.44. The monoisotopic (exact) mass is 339 g/mol. The lowest BCUT2D eigenvalue weighted by atomic mass is 9.90. The van der Waals surface area contributed by atoms with Crippen molar-refractivity contribution < 1.29 is 14.3 Å². The zero-order valence-corrected chi connectivity index (χ0v) is 14.9. The molecule has 0 saturated heterocycles. The third-order valence-electron chi connectivity index (χ3n) is 4.66. The van der Waals surface area contributed by atoms with Crippen molar-refractivity contribution in [3.63, 3.8) is 0 Å². The molecule has 4 heteroatoms. The Labute approximate surface area is 149 Å². The SMILES string of the molecule is COc1cccc(COC(C)C(=O)Nc2cccc3c2CCCC3)c1. The topological polar surface area (TPSA) is 47.6 Å². The number of nitrogens with one attached hydrogen (secondary N) is 1. The van der Waals surface area contributed by atoms with E-state index >= 15 is 0 Å². The first-order valence-corrected chi connectivity index (χ1v) is 8.83. The van der Waals surface area contributed by atoms with Gasteiger partial charge < -0.3 is 14.8 Å². The molecular formula is C21H25NO3. The van der Waals surface area contributed by atoms with Gasteiger partial charge >= 0.3 is 0 Å². The van der Waals surface area contributed by atoms with Gasteiger partial charge in [-0.2, -0.15) is 0 Å². The fourth-order valence-electron chi connectivity index (χ4n) is 3.19. The van der Waals surface area contributed by atoms with Crippen molar-refractivity contribution in [1.29, 1.82) is 0 Å². The maximum absolute atomic E-state index is 12.5. The molecule has 2 aromatic carbocycles. The van der Waals surface area contributed by atoms with E-state index in [9.17, 15) is 4.79 Å². The van der Waals surface area contributed by atoms with Crippen molar-refractivity contribution in [3.8, 4) is 5.75 Å². The molecule has 0 aromatic heterocycles. The maximum atomic E-state index is 12.5. The zero-order chi connectivity index (χ0) is 17.6. The van der Waals surface area contributed by atoms with Gasteiger partial charge in [0.1, 0.15) is 11.9 Å². The van der Waals surface area contributed by atoms with Crippen molar-refractivity contribution in [2.75, 3.05) is 12.4 Å². The number of rotatable bonds is 6. The second kappa shape index (κ2) is 8.17. The minimum absolute atomic E-state index is 0.109. The molecule has 1 unspecified atom stereocenters. The van der Waals surface area contributed by atoms with Crippen LogP contribution in [0, 0.1) is 0 Å². The highest BCUT2D eigenvalue weighted by molar-refractivity contribution is 5.94. The van der Waals surface area contributed by atoms with E-state index in [0.29, 0.717) is 6.61 Å². The summed E-state index contributed by atoms with van der Waals surface area (Å²) in [5, 5.41) is 3.04. The molecule has 3 rings (SSSR count). The minimum Gasteiger partial charge on any atom is -0.497 e. The number of benzene rings is 2. The van der Waals surface area contributed by atoms with Crippen molar-refractivity contribution >= 4 is 11.6 Å². The summed E-state index contributed by atoms with van der Waals surface area (Å²) in [6, 6.07) is 13.8. The summed E-state index contributed by atoms with van der Waals surface area (Å²) in [6.07, 6.45) is 4.02. The van der Waals surface area contributed by atoms with E-state index in [1.165, 1.54) is 24.0 Å². The first kappa shape index (κ1) is 17.5. The molecular weight excluding hydrogens is 314 g/mol. The first-order chi connectivity index (χ1) is 12.2. The molecule has 0 radical (unpaired) electrons. The molecule has 132 valence electrons. The Morgan fingerprint density at radius 3 is 2.80 bits per heavy atom. The number of hydrogen-bond donors (Lipinski definition) is 1. The first-order valence-electron chi connectivity index (χ1n) is 8.83. The number of hydrogen-bond acceptors (Lipinski definition) is 3. The maximum Gasteiger partial charge on any atom is 0.253 e. The molecule has 25 heavy (non-hydrogen) atoms. The number of anilines is 1. The van der Waals surface area contributed by atoms with Gasteiger partial charge in [-0.25, -0.2) is 0 Å². The van der Waals surface area contributed by atoms with Crippen LogP contribution in [0.2, 0.25) is 0 Å². The number of amides is 1. The van der Waals surface area contributed by atoms with Crippen LogP contribution in [0.15, 0.2) is 42.5 Å². The largest absolute Gasteiger partial charge is 0.497 e. The molecule has 0 bridgehead atoms. The Morgan fingerprint density at radius 2 is 1.96 bits per heavy atom. The van der Waals surface area contributed by atoms with Crippen molar-refractivity contribution in [2.24, 2.45) is 0 Å². The average Bonchev–Trinajstić information content (AvgIpc) is 2.66. The molecule has 4 nitrogen and oxygen atoms in total. The van der Waals surface area contributed by atoms with Crippen LogP contribution < -0.4 is 10.1 Å². The Morgan fingerprint density at radius 1 is 1.16 bits per heavy atom. The number of aryl methyl sites for hydroxylation is 1. The molecule has 0 saturated carbocycles. The number of methoxy groups -OCH3 is 1. The zero-order valence-electron chi connectivity index (χ0n) is 14.9. The molecule has 0 aliphatic heterocycles. The van der Waals surface area contributed by atoms with Crippen molar-refractivity contribution in [2.45, 2.75) is 45.3 Å². The van der Waals surface area contributed by atoms with Crippen LogP contribution in [-0.2, 0) is 29.0 Å². The molecule has 0 spiro atoms. The number of carbonyl (C=O) groups is 1. The molecule has 1 aliphatic rings. The summed E-state index contributed by atoms with van der Waals surface area (Å²) < 4.78 is 10.9. The lowest BCUT2D eigenvalue weighted by Gasteiger charge is -2.21. The van der Waals surface area contributed by atoms with E-state index in [4.69, 9.17) is 9.47 Å². The average molecular weight is 339 g/mol. The molecule has 1 aliphatic carbocycles. The highest BCUT2D eigenvalue weighted by Crippen LogP contribution is 2.28. The standard InChI is InChI=1S/C21H25NO3/c1-15(25-14-16-7-5-10-18(13-16)24-2)21(23)22-20-12-6-9-17-8-3-4-11-19(17)20/h5-7,9-10,12-13,15H,3-4,8,11,14H2,1-2H3,(H,22,23). The Kier molecular flexibility index (Phi) is 5.71. The summed E-state index contributed by atoms with van der Waals surface area (Å²) in [5.74, 6) is 0.677. The van der Waals surface area contributed by atoms with Crippen molar-refractivity contribution in [3.05, 3.63) is 59.2 Å². The summed E-state index contributed by atoms with van der Waals surface area (Å²) in [4.78, 5) is 12.5. The van der Waals surface area contributed by atoms with Crippen LogP contribution in [0.5, 0.6) is 5.75 Å². The van der Waals surface area contributed by atoms with Crippen LogP contribution in [-0.4, -0.2) is 19.1 Å². The van der Waals surface area contributed by atoms with Gasteiger partial charge in [0.25, 0.3) is 5.91 Å². The van der Waals surface area contributed by atoms with Crippen LogP contribution >= 0.6 is 0 Å². The van der Waals surface area contributed by atoms with Crippen LogP contribution in [0.25, 0.3) is 0 Å². The number of fused-ring (bicyclic) bond motifs is 1. The quantitative estimate of drug-likeness (QED) is 0.861. The number of carbonyl (C=O) groups excluding carboxylic acids is 1. The summed E-state index contributed by atoms with van der Waals surface area (Å²) in [6.45, 7) is 2.16. The van der Waals surface area contributed by atoms with E-state index in [-0.39, 0.29) is 5.91 Å². The van der Waals surface area contributed by atoms with Crippen molar-refractivity contribution in [1.82, 2.24) is 0 Å². The van der Waals surface area contributed by atoms with Gasteiger partial charge in [-0.3, -0.25) is 4.79 Å². The number of ether oxygens (including phenoxy) is 2. The van der Waals surface area contributed by atoms with Gasteiger partial charge in [-0.15, -0.1) is 0 Å². The van der Waals surface area contributed by atoms with E-state index in [1.54, 1.807) is 14.0 Å². The van der Waals surface area contributed by atoms with E-state index in [0.717, 1.165) is 29.8 Å². The molecule has 1 amide bonds. The lowest BCUT2D eigenvalue weighted by molar-refractivity contribution is -0.127. The summed E-state index contributed by atoms with van der Waals surface area (Å²) >= 11 is 0. The fourth-order valence-corrected chi connectivity index (χ4v) is 3.19. The van der Waals surface area contributed by atoms with Gasteiger partial charge in [0.2, 0.25) is 0 Å². The lowest BCUT2D eigenvalue weighted by Crippen LogP contribution is -2.28. The molecule has 0 heterocycles. The van der Waals surface area contributed by atoms with Crippen LogP contribution in [0.1, 0.15) is 36.5 Å². The minimum atomic E-state index is -0.523. The molecule has 0 fully saturated rings. The van der Waals surface area contributed by atoms with Gasteiger partial charge in [-0.1, -0.05) is 24.3 Å². The predicted octanol–water partition coefficient (Wildman–Crippen LogP) is 4.12. The van der Waals surface area contributed by atoms with Gasteiger partial charge in [0, 0.05) is 5.69 Å². The molecule has 2 aromatic rings. The Bertz CT molecular complexity index is 742. The summed E-state index contributed by atoms with van der Waals surface area (Å²) in [7, 11) is 1.64. The molecule has 1 atom stereocenters. The second-order valence-corrected chi connectivity index (χ2v) is 6.44. The normalized spacial score (nSPS) is 14.5. The fraction of sp³-hybridized carbons (Fsp3) is 0.381. The third kappa shape index (κ3) is 4.40. The van der Waals surface area contributed by atoms with Gasteiger partial charge in [0.05, 0.1) is 13.7 Å². The predicted molar refractivity (Wildman–Crippen MR) is 99.0 cm³/mol. The van der Waals surface area contributed by atoms with Crippen LogP contribution in [0.4, 0.5) is 5.69 Å².